The third-order valence-corrected chi connectivity index (χ3v) is 17.3. The number of fused-ring (bicyclic) bond motifs is 6. The molecule has 0 saturated carbocycles. The summed E-state index contributed by atoms with van der Waals surface area (Å²) in [4.78, 5) is 0. The summed E-state index contributed by atoms with van der Waals surface area (Å²) in [6.07, 6.45) is 4.26. The first kappa shape index (κ1) is 39.6. The van der Waals surface area contributed by atoms with Gasteiger partial charge in [0.1, 0.15) is 0 Å². The van der Waals surface area contributed by atoms with E-state index in [4.69, 9.17) is 0 Å². The zero-order valence-corrected chi connectivity index (χ0v) is 39.3. The quantitative estimate of drug-likeness (QED) is 0.105. The summed E-state index contributed by atoms with van der Waals surface area (Å²) >= 11 is 0. The zero-order chi connectivity index (χ0) is 45.5. The van der Waals surface area contributed by atoms with Crippen molar-refractivity contribution >= 4 is 53.9 Å². The van der Waals surface area contributed by atoms with Gasteiger partial charge in [-0.05, 0) is 193 Å². The van der Waals surface area contributed by atoms with E-state index in [1.165, 1.54) is 143 Å². The Labute approximate surface area is 399 Å². The highest BCUT2D eigenvalue weighted by molar-refractivity contribution is 6.44. The molecule has 0 atom stereocenters. The van der Waals surface area contributed by atoms with Gasteiger partial charge in [-0.1, -0.05) is 198 Å². The molecule has 2 aliphatic carbocycles. The van der Waals surface area contributed by atoms with Gasteiger partial charge in [0.2, 0.25) is 0 Å². The fraction of sp³-hybridized carbons (Fsp3) is 0.147. The van der Waals surface area contributed by atoms with Crippen LogP contribution in [0.1, 0.15) is 75.6 Å². The van der Waals surface area contributed by atoms with Crippen molar-refractivity contribution in [2.75, 3.05) is 0 Å². The van der Waals surface area contributed by atoms with Crippen LogP contribution in [-0.2, 0) is 10.8 Å². The van der Waals surface area contributed by atoms with Gasteiger partial charge in [0.15, 0.2) is 0 Å². The number of rotatable bonds is 8. The Morgan fingerprint density at radius 1 is 0.250 bits per heavy atom. The highest BCUT2D eigenvalue weighted by Crippen LogP contribution is 2.58. The van der Waals surface area contributed by atoms with Crippen molar-refractivity contribution in [3.05, 3.63) is 216 Å². The molecule has 0 heteroatoms. The molecule has 0 bridgehead atoms. The molecular formula is C68H52. The van der Waals surface area contributed by atoms with Gasteiger partial charge in [0.25, 0.3) is 0 Å². The Hall–Kier alpha value is -7.54. The van der Waals surface area contributed by atoms with Crippen LogP contribution in [0.5, 0.6) is 0 Å². The van der Waals surface area contributed by atoms with Gasteiger partial charge in [-0.2, -0.15) is 0 Å². The van der Waals surface area contributed by atoms with Gasteiger partial charge >= 0.3 is 0 Å². The van der Waals surface area contributed by atoms with Crippen molar-refractivity contribution in [1.82, 2.24) is 0 Å². The highest BCUT2D eigenvalue weighted by atomic mass is 14.4. The van der Waals surface area contributed by atoms with Gasteiger partial charge < -0.3 is 0 Å². The average Bonchev–Trinajstić information content (AvgIpc) is 3.85. The Bertz CT molecular complexity index is 3730. The summed E-state index contributed by atoms with van der Waals surface area (Å²) in [5, 5.41) is 13.3. The van der Waals surface area contributed by atoms with Crippen molar-refractivity contribution in [1.29, 1.82) is 0 Å². The molecule has 0 radical (unpaired) electrons. The summed E-state index contributed by atoms with van der Waals surface area (Å²) in [6.45, 7) is 9.52. The minimum absolute atomic E-state index is 0.0172. The molecule has 0 aromatic heterocycles. The van der Waals surface area contributed by atoms with Crippen LogP contribution in [0, 0.1) is 0 Å². The number of hydrogen-bond donors (Lipinski definition) is 0. The minimum Gasteiger partial charge on any atom is -0.0642 e. The van der Waals surface area contributed by atoms with Crippen molar-refractivity contribution < 1.29 is 0 Å². The summed E-state index contributed by atoms with van der Waals surface area (Å²) in [5.41, 5.74) is 21.7. The molecule has 0 N–H and O–H groups in total. The van der Waals surface area contributed by atoms with Crippen LogP contribution in [0.2, 0.25) is 0 Å². The SMILES string of the molecule is CCC1(CC)c2ccccc2-c2ccc(-c3cc4c(-c5ccccc5)c5cccc6c(-c7ccc8c(c7)C(CC)(CC)c7ccccc7-8)cc7c(-c8ccccc8)c8cccc3c8c4c7c65)cc21. The molecule has 0 saturated heterocycles. The van der Waals surface area contributed by atoms with Crippen LogP contribution in [0.15, 0.2) is 194 Å². The van der Waals surface area contributed by atoms with Crippen LogP contribution < -0.4 is 0 Å². The van der Waals surface area contributed by atoms with E-state index in [0.29, 0.717) is 0 Å². The lowest BCUT2D eigenvalue weighted by atomic mass is 9.73. The van der Waals surface area contributed by atoms with E-state index in [1.807, 2.05) is 0 Å². The molecule has 0 amide bonds. The predicted molar refractivity (Wildman–Crippen MR) is 292 cm³/mol. The molecule has 0 unspecified atom stereocenters. The van der Waals surface area contributed by atoms with Crippen LogP contribution in [0.4, 0.5) is 0 Å². The Morgan fingerprint density at radius 2 is 0.618 bits per heavy atom. The number of benzene rings is 12. The first-order valence-corrected chi connectivity index (χ1v) is 25.1. The Balaban J connectivity index is 1.14. The molecule has 324 valence electrons. The average molecular weight is 869 g/mol. The van der Waals surface area contributed by atoms with Crippen molar-refractivity contribution in [3.8, 4) is 66.8 Å². The van der Waals surface area contributed by atoms with Crippen LogP contribution in [0.25, 0.3) is 121 Å². The van der Waals surface area contributed by atoms with E-state index in [-0.39, 0.29) is 10.8 Å². The van der Waals surface area contributed by atoms with E-state index in [2.05, 4.69) is 222 Å². The second kappa shape index (κ2) is 14.5. The van der Waals surface area contributed by atoms with E-state index < -0.39 is 0 Å². The third kappa shape index (κ3) is 5.00. The Morgan fingerprint density at radius 3 is 1.03 bits per heavy atom. The predicted octanol–water partition coefficient (Wildman–Crippen LogP) is 19.2. The lowest BCUT2D eigenvalue weighted by Crippen LogP contribution is -2.23. The second-order valence-corrected chi connectivity index (χ2v) is 19.8. The molecule has 0 fully saturated rings. The summed E-state index contributed by atoms with van der Waals surface area (Å²) in [5.74, 6) is 0. The van der Waals surface area contributed by atoms with Crippen molar-refractivity contribution in [2.45, 2.75) is 64.2 Å². The monoisotopic (exact) mass is 868 g/mol. The van der Waals surface area contributed by atoms with Crippen LogP contribution >= 0.6 is 0 Å². The molecule has 0 aliphatic heterocycles. The Kier molecular flexibility index (Phi) is 8.44. The van der Waals surface area contributed by atoms with Gasteiger partial charge in [0.05, 0.1) is 0 Å². The van der Waals surface area contributed by atoms with E-state index in [9.17, 15) is 0 Å². The van der Waals surface area contributed by atoms with Crippen LogP contribution in [-0.4, -0.2) is 0 Å². The van der Waals surface area contributed by atoms with Gasteiger partial charge in [0, 0.05) is 10.8 Å². The molecule has 68 heavy (non-hydrogen) atoms. The summed E-state index contributed by atoms with van der Waals surface area (Å²) in [6, 6.07) is 75.0. The zero-order valence-electron chi connectivity index (χ0n) is 39.3. The number of hydrogen-bond acceptors (Lipinski definition) is 0. The maximum atomic E-state index is 2.58. The molecule has 12 aromatic carbocycles. The summed E-state index contributed by atoms with van der Waals surface area (Å²) < 4.78 is 0. The smallest absolute Gasteiger partial charge is 0.0210 e. The van der Waals surface area contributed by atoms with Crippen LogP contribution in [0.3, 0.4) is 0 Å². The first-order chi connectivity index (χ1) is 33.5. The highest BCUT2D eigenvalue weighted by Gasteiger charge is 2.42. The minimum atomic E-state index is -0.0172. The molecular weight excluding hydrogens is 817 g/mol. The van der Waals surface area contributed by atoms with E-state index in [0.717, 1.165) is 25.7 Å². The topological polar surface area (TPSA) is 0 Å². The molecule has 0 heterocycles. The van der Waals surface area contributed by atoms with E-state index >= 15 is 0 Å². The maximum absolute atomic E-state index is 2.58. The van der Waals surface area contributed by atoms with Gasteiger partial charge in [-0.15, -0.1) is 0 Å². The summed E-state index contributed by atoms with van der Waals surface area (Å²) in [7, 11) is 0. The fourth-order valence-corrected chi connectivity index (χ4v) is 14.1. The third-order valence-electron chi connectivity index (χ3n) is 17.3. The molecule has 14 rings (SSSR count). The van der Waals surface area contributed by atoms with Crippen molar-refractivity contribution in [3.63, 3.8) is 0 Å². The fourth-order valence-electron chi connectivity index (χ4n) is 14.1. The van der Waals surface area contributed by atoms with Crippen molar-refractivity contribution in [2.24, 2.45) is 0 Å². The lowest BCUT2D eigenvalue weighted by molar-refractivity contribution is 0.490. The molecule has 0 spiro atoms. The first-order valence-electron chi connectivity index (χ1n) is 25.1. The second-order valence-electron chi connectivity index (χ2n) is 19.8. The standard InChI is InChI=1S/C68H52/c1-5-67(6-2)57-31-17-15-25-45(57)47-35-33-43(37-59(47)67)53-39-55-61(41-21-11-9-12-22-41)52-30-20-28-50-54(44-34-36-48-46-26-16-18-32-58(46)68(7-3,8-4)60(48)38-44)40-56-62(42-23-13-10-14-24-42)51-29-19-27-49(53)63(51)65(55)66(56)64(50)52/h9-40H,5-8H2,1-4H3. The van der Waals surface area contributed by atoms with Gasteiger partial charge in [-0.3, -0.25) is 0 Å². The van der Waals surface area contributed by atoms with E-state index in [1.54, 1.807) is 0 Å². The lowest BCUT2D eigenvalue weighted by Gasteiger charge is -2.30. The molecule has 12 aromatic rings. The van der Waals surface area contributed by atoms with Gasteiger partial charge in [-0.25, -0.2) is 0 Å². The molecule has 2 aliphatic rings. The maximum Gasteiger partial charge on any atom is 0.0210 e. The normalized spacial score (nSPS) is 14.4. The largest absolute Gasteiger partial charge is 0.0642 e. The molecule has 0 nitrogen and oxygen atoms in total.